The van der Waals surface area contributed by atoms with E-state index >= 15 is 0 Å². The summed E-state index contributed by atoms with van der Waals surface area (Å²) in [5.74, 6) is 0.350. The summed E-state index contributed by atoms with van der Waals surface area (Å²) in [6, 6.07) is 5.53. The number of rotatable bonds is 3. The number of hydrogen-bond donors (Lipinski definition) is 1. The van der Waals surface area contributed by atoms with E-state index in [-0.39, 0.29) is 22.9 Å². The zero-order valence-electron chi connectivity index (χ0n) is 10.8. The second-order valence-electron chi connectivity index (χ2n) is 4.44. The summed E-state index contributed by atoms with van der Waals surface area (Å²) in [5, 5.41) is 8.61. The Bertz CT molecular complexity index is 699. The summed E-state index contributed by atoms with van der Waals surface area (Å²) in [6.45, 7) is 0.110. The number of hydrogen-bond acceptors (Lipinski definition) is 6. The van der Waals surface area contributed by atoms with Crippen molar-refractivity contribution in [3.8, 4) is 5.75 Å². The van der Waals surface area contributed by atoms with E-state index in [1.165, 1.54) is 36.0 Å². The Hall–Kier alpha value is -0.770. The van der Waals surface area contributed by atoms with Crippen LogP contribution in [0.25, 0.3) is 0 Å². The molecular formula is C11H15NO5S3. The third kappa shape index (κ3) is 2.95. The maximum absolute atomic E-state index is 12.6. The Labute approximate surface area is 122 Å². The van der Waals surface area contributed by atoms with Gasteiger partial charge in [-0.25, -0.2) is 16.8 Å². The van der Waals surface area contributed by atoms with E-state index in [2.05, 4.69) is 0 Å². The number of phenolic OH excluding ortho intramolecular Hbond substituents is 1. The first kappa shape index (κ1) is 15.6. The molecular weight excluding hydrogens is 322 g/mol. The average molecular weight is 337 g/mol. The molecule has 1 fully saturated rings. The van der Waals surface area contributed by atoms with Gasteiger partial charge in [-0.3, -0.25) is 0 Å². The molecule has 0 amide bonds. The van der Waals surface area contributed by atoms with Gasteiger partial charge in [-0.15, -0.1) is 0 Å². The van der Waals surface area contributed by atoms with Crippen LogP contribution in [0.3, 0.4) is 0 Å². The lowest BCUT2D eigenvalue weighted by Crippen LogP contribution is -2.49. The van der Waals surface area contributed by atoms with Crippen LogP contribution in [0, 0.1) is 0 Å². The molecule has 1 aliphatic rings. The van der Waals surface area contributed by atoms with Crippen molar-refractivity contribution in [2.75, 3.05) is 24.3 Å². The van der Waals surface area contributed by atoms with Gasteiger partial charge in [0.1, 0.15) is 16.0 Å². The summed E-state index contributed by atoms with van der Waals surface area (Å²) < 4.78 is 49.6. The number of nitrogens with zero attached hydrogens (tertiary/aromatic N) is 1. The zero-order valence-corrected chi connectivity index (χ0v) is 13.2. The lowest BCUT2D eigenvalue weighted by atomic mass is 10.3. The van der Waals surface area contributed by atoms with Crippen molar-refractivity contribution in [2.24, 2.45) is 0 Å². The topological polar surface area (TPSA) is 91.8 Å². The van der Waals surface area contributed by atoms with Gasteiger partial charge in [0, 0.05) is 24.3 Å². The van der Waals surface area contributed by atoms with Crippen molar-refractivity contribution in [1.82, 2.24) is 4.31 Å². The molecule has 1 aromatic rings. The standard InChI is InChI=1S/C11H15NO5S3/c1-19(14,15)11-8-18-7-6-12(11)20(16,17)10-5-3-2-4-9(10)13/h2-5,11,13H,6-8H2,1H3. The van der Waals surface area contributed by atoms with Crippen LogP contribution in [0.5, 0.6) is 5.75 Å². The third-order valence-corrected chi connectivity index (χ3v) is 7.72. The molecule has 1 unspecified atom stereocenters. The summed E-state index contributed by atoms with van der Waals surface area (Å²) in [4.78, 5) is -0.263. The van der Waals surface area contributed by atoms with Crippen LogP contribution in [0.15, 0.2) is 29.2 Å². The molecule has 2 rings (SSSR count). The fraction of sp³-hybridized carbons (Fsp3) is 0.455. The maximum atomic E-state index is 12.6. The minimum atomic E-state index is -4.03. The van der Waals surface area contributed by atoms with Crippen LogP contribution in [-0.2, 0) is 19.9 Å². The van der Waals surface area contributed by atoms with Gasteiger partial charge in [0.25, 0.3) is 0 Å². The van der Waals surface area contributed by atoms with Gasteiger partial charge in [0.15, 0.2) is 9.84 Å². The zero-order chi connectivity index (χ0) is 15.0. The second-order valence-corrected chi connectivity index (χ2v) is 9.65. The van der Waals surface area contributed by atoms with E-state index in [4.69, 9.17) is 0 Å². The van der Waals surface area contributed by atoms with Gasteiger partial charge in [-0.2, -0.15) is 16.1 Å². The SMILES string of the molecule is CS(=O)(=O)C1CSCCN1S(=O)(=O)c1ccccc1O. The van der Waals surface area contributed by atoms with Crippen molar-refractivity contribution in [1.29, 1.82) is 0 Å². The van der Waals surface area contributed by atoms with E-state index in [1.54, 1.807) is 0 Å². The van der Waals surface area contributed by atoms with Gasteiger partial charge < -0.3 is 5.11 Å². The van der Waals surface area contributed by atoms with Crippen molar-refractivity contribution in [3.63, 3.8) is 0 Å². The first-order valence-corrected chi connectivity index (χ1v) is 10.4. The predicted octanol–water partition coefficient (Wildman–Crippen LogP) is 0.500. The predicted molar refractivity (Wildman–Crippen MR) is 78.0 cm³/mol. The van der Waals surface area contributed by atoms with Gasteiger partial charge in [0.05, 0.1) is 0 Å². The van der Waals surface area contributed by atoms with Gasteiger partial charge >= 0.3 is 0 Å². The molecule has 0 radical (unpaired) electrons. The quantitative estimate of drug-likeness (QED) is 0.863. The van der Waals surface area contributed by atoms with E-state index in [0.29, 0.717) is 5.75 Å². The number of sulfone groups is 1. The summed E-state index contributed by atoms with van der Waals surface area (Å²) >= 11 is 1.40. The van der Waals surface area contributed by atoms with Crippen LogP contribution >= 0.6 is 11.8 Å². The number of para-hydroxylation sites is 1. The van der Waals surface area contributed by atoms with E-state index in [1.807, 2.05) is 0 Å². The molecule has 20 heavy (non-hydrogen) atoms. The Morgan fingerprint density at radius 1 is 1.25 bits per heavy atom. The molecule has 6 nitrogen and oxygen atoms in total. The highest BCUT2D eigenvalue weighted by molar-refractivity contribution is 8.01. The molecule has 1 aliphatic heterocycles. The third-order valence-electron chi connectivity index (χ3n) is 2.98. The molecule has 0 bridgehead atoms. The molecule has 1 aromatic carbocycles. The molecule has 112 valence electrons. The first-order chi connectivity index (χ1) is 9.24. The fourth-order valence-electron chi connectivity index (χ4n) is 1.98. The van der Waals surface area contributed by atoms with Gasteiger partial charge in [0.2, 0.25) is 10.0 Å². The van der Waals surface area contributed by atoms with Crippen LogP contribution in [-0.4, -0.2) is 55.9 Å². The summed E-state index contributed by atoms with van der Waals surface area (Å²) in [6.07, 6.45) is 1.02. The summed E-state index contributed by atoms with van der Waals surface area (Å²) in [5.41, 5.74) is 0. The molecule has 0 aromatic heterocycles. The Morgan fingerprint density at radius 3 is 2.50 bits per heavy atom. The molecule has 1 saturated heterocycles. The van der Waals surface area contributed by atoms with Crippen molar-refractivity contribution < 1.29 is 21.9 Å². The number of sulfonamides is 1. The normalized spacial score (nSPS) is 21.8. The van der Waals surface area contributed by atoms with Crippen molar-refractivity contribution >= 4 is 31.6 Å². The Kier molecular flexibility index (Phi) is 4.33. The Balaban J connectivity index is 2.50. The molecule has 1 N–H and O–H groups in total. The smallest absolute Gasteiger partial charge is 0.247 e. The van der Waals surface area contributed by atoms with Crippen LogP contribution in [0.1, 0.15) is 0 Å². The monoisotopic (exact) mass is 337 g/mol. The minimum absolute atomic E-state index is 0.110. The number of phenols is 1. The second kappa shape index (κ2) is 5.55. The molecule has 9 heteroatoms. The number of aromatic hydroxyl groups is 1. The lowest BCUT2D eigenvalue weighted by Gasteiger charge is -2.33. The molecule has 0 spiro atoms. The highest BCUT2D eigenvalue weighted by Gasteiger charge is 2.40. The van der Waals surface area contributed by atoms with Gasteiger partial charge in [-0.1, -0.05) is 12.1 Å². The summed E-state index contributed by atoms with van der Waals surface area (Å²) in [7, 11) is -7.57. The van der Waals surface area contributed by atoms with E-state index in [9.17, 15) is 21.9 Å². The van der Waals surface area contributed by atoms with Gasteiger partial charge in [-0.05, 0) is 12.1 Å². The number of thioether (sulfide) groups is 1. The molecule has 1 atom stereocenters. The fourth-order valence-corrected chi connectivity index (χ4v) is 7.23. The largest absolute Gasteiger partial charge is 0.507 e. The first-order valence-electron chi connectivity index (χ1n) is 5.81. The molecule has 1 heterocycles. The highest BCUT2D eigenvalue weighted by Crippen LogP contribution is 2.30. The van der Waals surface area contributed by atoms with Crippen molar-refractivity contribution in [2.45, 2.75) is 10.3 Å². The van der Waals surface area contributed by atoms with Crippen LogP contribution in [0.4, 0.5) is 0 Å². The van der Waals surface area contributed by atoms with E-state index < -0.39 is 25.2 Å². The number of benzene rings is 1. The maximum Gasteiger partial charge on any atom is 0.247 e. The Morgan fingerprint density at radius 2 is 1.90 bits per heavy atom. The van der Waals surface area contributed by atoms with Crippen LogP contribution < -0.4 is 0 Å². The average Bonchev–Trinajstić information content (AvgIpc) is 2.38. The van der Waals surface area contributed by atoms with Crippen molar-refractivity contribution in [3.05, 3.63) is 24.3 Å². The van der Waals surface area contributed by atoms with Crippen LogP contribution in [0.2, 0.25) is 0 Å². The van der Waals surface area contributed by atoms with E-state index in [0.717, 1.165) is 10.6 Å². The molecule has 0 saturated carbocycles. The minimum Gasteiger partial charge on any atom is -0.507 e. The highest BCUT2D eigenvalue weighted by atomic mass is 32.2. The molecule has 0 aliphatic carbocycles. The lowest BCUT2D eigenvalue weighted by molar-refractivity contribution is 0.398.